The second-order valence-electron chi connectivity index (χ2n) is 16.5. The first-order valence-corrected chi connectivity index (χ1v) is 22.7. The van der Waals surface area contributed by atoms with E-state index in [0.29, 0.717) is 26.0 Å². The predicted octanol–water partition coefficient (Wildman–Crippen LogP) is 12.6. The molecule has 0 aliphatic rings. The van der Waals surface area contributed by atoms with E-state index in [9.17, 15) is 14.4 Å². The third kappa shape index (κ3) is 38.2. The van der Waals surface area contributed by atoms with Gasteiger partial charge in [0.05, 0.1) is 6.61 Å². The molecule has 0 aromatic rings. The van der Waals surface area contributed by atoms with Crippen LogP contribution in [0.1, 0.15) is 228 Å². The van der Waals surface area contributed by atoms with E-state index in [1.165, 1.54) is 77.0 Å². The molecule has 8 nitrogen and oxygen atoms in total. The van der Waals surface area contributed by atoms with Crippen molar-refractivity contribution in [3.8, 4) is 0 Å². The molecule has 8 heteroatoms. The molecule has 0 atom stereocenters. The van der Waals surface area contributed by atoms with Crippen molar-refractivity contribution in [2.75, 3.05) is 32.8 Å². The maximum atomic E-state index is 13.0. The summed E-state index contributed by atoms with van der Waals surface area (Å²) in [4.78, 5) is 39.4. The Morgan fingerprint density at radius 1 is 0.528 bits per heavy atom. The number of nitrogens with one attached hydrogen (secondary N) is 1. The summed E-state index contributed by atoms with van der Waals surface area (Å²) in [7, 11) is 0. The van der Waals surface area contributed by atoms with Crippen LogP contribution < -0.4 is 5.32 Å². The lowest BCUT2D eigenvalue weighted by atomic mass is 10.0. The Bertz CT molecular complexity index is 829. The molecule has 0 aliphatic heterocycles. The van der Waals surface area contributed by atoms with E-state index in [4.69, 9.17) is 14.2 Å². The zero-order valence-corrected chi connectivity index (χ0v) is 36.0. The molecule has 53 heavy (non-hydrogen) atoms. The van der Waals surface area contributed by atoms with Crippen LogP contribution in [-0.4, -0.2) is 67.4 Å². The minimum absolute atomic E-state index is 0.0171. The van der Waals surface area contributed by atoms with E-state index >= 15 is 0 Å². The van der Waals surface area contributed by atoms with Gasteiger partial charge in [-0.1, -0.05) is 124 Å². The molecule has 0 spiro atoms. The number of esters is 2. The highest BCUT2D eigenvalue weighted by Crippen LogP contribution is 2.18. The van der Waals surface area contributed by atoms with Crippen molar-refractivity contribution < 1.29 is 28.6 Å². The lowest BCUT2D eigenvalue weighted by Gasteiger charge is -2.23. The molecule has 0 rings (SSSR count). The van der Waals surface area contributed by atoms with Crippen LogP contribution in [0.15, 0.2) is 0 Å². The van der Waals surface area contributed by atoms with Crippen LogP contribution in [0.3, 0.4) is 0 Å². The van der Waals surface area contributed by atoms with Gasteiger partial charge in [-0.05, 0) is 111 Å². The molecule has 0 aromatic carbocycles. The summed E-state index contributed by atoms with van der Waals surface area (Å²) >= 11 is 0. The van der Waals surface area contributed by atoms with Gasteiger partial charge in [0.2, 0.25) is 0 Å². The lowest BCUT2D eigenvalue weighted by Crippen LogP contribution is -2.33. The van der Waals surface area contributed by atoms with E-state index in [1.807, 2.05) is 20.8 Å². The third-order valence-corrected chi connectivity index (χ3v) is 9.85. The molecule has 0 fully saturated rings. The van der Waals surface area contributed by atoms with E-state index in [2.05, 4.69) is 31.0 Å². The molecule has 0 unspecified atom stereocenters. The standard InChI is InChI=1S/C45H88N2O6/c1-7-10-13-15-19-23-32-41(33-24-20-16-14-11-8-2)52-43(49)35-26-29-38-47(39-30-27-36-46-44(50)53-45(4,5)6)37-28-22-18-17-21-25-34-42(48)51-40-31-12-9-3/h41H,7-40H2,1-6H3,(H,46,50). The van der Waals surface area contributed by atoms with Gasteiger partial charge in [-0.15, -0.1) is 0 Å². The first-order chi connectivity index (χ1) is 25.6. The monoisotopic (exact) mass is 753 g/mol. The quantitative estimate of drug-likeness (QED) is 0.0381. The van der Waals surface area contributed by atoms with Crippen LogP contribution in [0.4, 0.5) is 4.79 Å². The molecule has 0 aromatic heterocycles. The maximum Gasteiger partial charge on any atom is 0.407 e. The highest BCUT2D eigenvalue weighted by atomic mass is 16.6. The van der Waals surface area contributed by atoms with E-state index in [0.717, 1.165) is 116 Å². The van der Waals surface area contributed by atoms with E-state index < -0.39 is 5.60 Å². The highest BCUT2D eigenvalue weighted by molar-refractivity contribution is 5.69. The smallest absolute Gasteiger partial charge is 0.407 e. The molecule has 314 valence electrons. The molecule has 0 radical (unpaired) electrons. The first kappa shape index (κ1) is 51.2. The van der Waals surface area contributed by atoms with Gasteiger partial charge in [0, 0.05) is 19.4 Å². The maximum absolute atomic E-state index is 13.0. The minimum atomic E-state index is -0.490. The Balaban J connectivity index is 4.64. The van der Waals surface area contributed by atoms with Gasteiger partial charge in [-0.3, -0.25) is 9.59 Å². The Labute approximate surface area is 328 Å². The van der Waals surface area contributed by atoms with Crippen LogP contribution in [0.2, 0.25) is 0 Å². The molecule has 1 amide bonds. The van der Waals surface area contributed by atoms with Crippen LogP contribution in [0.5, 0.6) is 0 Å². The van der Waals surface area contributed by atoms with E-state index in [1.54, 1.807) is 0 Å². The average Bonchev–Trinajstić information content (AvgIpc) is 3.11. The van der Waals surface area contributed by atoms with Crippen molar-refractivity contribution in [2.45, 2.75) is 239 Å². The van der Waals surface area contributed by atoms with Gasteiger partial charge in [-0.25, -0.2) is 4.79 Å². The SMILES string of the molecule is CCCCCCCCC(CCCCCCCC)OC(=O)CCCCN(CCCCCCCCC(=O)OCCCCC)CCCCNC(=O)OC(C)(C)C. The Morgan fingerprint density at radius 3 is 1.53 bits per heavy atom. The molecular weight excluding hydrogens is 665 g/mol. The summed E-state index contributed by atoms with van der Waals surface area (Å²) in [5, 5.41) is 2.88. The minimum Gasteiger partial charge on any atom is -0.466 e. The fourth-order valence-corrected chi connectivity index (χ4v) is 6.64. The van der Waals surface area contributed by atoms with Crippen LogP contribution in [-0.2, 0) is 23.8 Å². The Morgan fingerprint density at radius 2 is 0.962 bits per heavy atom. The zero-order valence-electron chi connectivity index (χ0n) is 36.0. The summed E-state index contributed by atoms with van der Waals surface area (Å²) in [5.74, 6) is -0.0658. The molecule has 0 bridgehead atoms. The Hall–Kier alpha value is -1.83. The topological polar surface area (TPSA) is 94.2 Å². The molecule has 1 N–H and O–H groups in total. The number of alkyl carbamates (subject to hydrolysis) is 1. The van der Waals surface area contributed by atoms with E-state index in [-0.39, 0.29) is 24.1 Å². The number of hydrogen-bond donors (Lipinski definition) is 1. The summed E-state index contributed by atoms with van der Waals surface area (Å²) < 4.78 is 16.8. The fraction of sp³-hybridized carbons (Fsp3) is 0.933. The van der Waals surface area contributed by atoms with Gasteiger partial charge >= 0.3 is 18.0 Å². The molecular formula is C45H88N2O6. The van der Waals surface area contributed by atoms with Crippen molar-refractivity contribution in [3.63, 3.8) is 0 Å². The van der Waals surface area contributed by atoms with Crippen molar-refractivity contribution in [1.82, 2.24) is 10.2 Å². The molecule has 0 saturated carbocycles. The average molecular weight is 753 g/mol. The van der Waals surface area contributed by atoms with Gasteiger partial charge in [-0.2, -0.15) is 0 Å². The lowest BCUT2D eigenvalue weighted by molar-refractivity contribution is -0.150. The second-order valence-corrected chi connectivity index (χ2v) is 16.5. The van der Waals surface area contributed by atoms with Crippen molar-refractivity contribution in [1.29, 1.82) is 0 Å². The second kappa shape index (κ2) is 37.1. The number of carbonyl (C=O) groups excluding carboxylic acids is 3. The number of unbranched alkanes of at least 4 members (excludes halogenated alkanes) is 19. The predicted molar refractivity (Wildman–Crippen MR) is 222 cm³/mol. The van der Waals surface area contributed by atoms with Crippen molar-refractivity contribution in [3.05, 3.63) is 0 Å². The fourth-order valence-electron chi connectivity index (χ4n) is 6.64. The van der Waals surface area contributed by atoms with Crippen LogP contribution >= 0.6 is 0 Å². The van der Waals surface area contributed by atoms with Crippen molar-refractivity contribution >= 4 is 18.0 Å². The summed E-state index contributed by atoms with van der Waals surface area (Å²) in [6.07, 6.45) is 31.6. The van der Waals surface area contributed by atoms with Crippen LogP contribution in [0, 0.1) is 0 Å². The Kier molecular flexibility index (Phi) is 35.8. The third-order valence-electron chi connectivity index (χ3n) is 9.85. The summed E-state index contributed by atoms with van der Waals surface area (Å²) in [6.45, 7) is 16.5. The highest BCUT2D eigenvalue weighted by Gasteiger charge is 2.16. The molecule has 0 aliphatic carbocycles. The van der Waals surface area contributed by atoms with Gasteiger partial charge in [0.15, 0.2) is 0 Å². The first-order valence-electron chi connectivity index (χ1n) is 22.7. The number of hydrogen-bond acceptors (Lipinski definition) is 7. The zero-order chi connectivity index (χ0) is 39.3. The van der Waals surface area contributed by atoms with Crippen LogP contribution in [0.25, 0.3) is 0 Å². The van der Waals surface area contributed by atoms with Crippen molar-refractivity contribution in [2.24, 2.45) is 0 Å². The molecule has 0 heterocycles. The summed E-state index contributed by atoms with van der Waals surface area (Å²) in [6, 6.07) is 0. The van der Waals surface area contributed by atoms with Gasteiger partial charge in [0.25, 0.3) is 0 Å². The van der Waals surface area contributed by atoms with Gasteiger partial charge < -0.3 is 24.4 Å². The summed E-state index contributed by atoms with van der Waals surface area (Å²) in [5.41, 5.74) is -0.490. The number of rotatable bonds is 38. The largest absolute Gasteiger partial charge is 0.466 e. The number of amides is 1. The molecule has 0 saturated heterocycles. The number of carbonyl (C=O) groups is 3. The van der Waals surface area contributed by atoms with Gasteiger partial charge in [0.1, 0.15) is 11.7 Å². The number of ether oxygens (including phenoxy) is 3. The normalized spacial score (nSPS) is 11.7. The number of nitrogens with zero attached hydrogens (tertiary/aromatic N) is 1.